The second kappa shape index (κ2) is 6.62. The molecule has 3 unspecified atom stereocenters. The fraction of sp³-hybridized carbons (Fsp3) is 0.857. The first-order valence-corrected chi connectivity index (χ1v) is 7.59. The highest BCUT2D eigenvalue weighted by Gasteiger charge is 2.33. The molecule has 0 saturated carbocycles. The van der Waals surface area contributed by atoms with Crippen LogP contribution in [0.2, 0.25) is 0 Å². The van der Waals surface area contributed by atoms with E-state index in [2.05, 4.69) is 0 Å². The number of aliphatic hydroxyl groups is 1. The number of likely N-dealkylation sites (tertiary alicyclic amines) is 1. The van der Waals surface area contributed by atoms with Gasteiger partial charge in [-0.25, -0.2) is 4.79 Å². The second-order valence-corrected chi connectivity index (χ2v) is 6.06. The molecular formula is C14H25N3O4. The number of rotatable bonds is 3. The molecule has 2 aliphatic heterocycles. The molecule has 0 bridgehead atoms. The number of carboxylic acid groups (broad SMARTS) is 1. The SMILES string of the molecule is CC(O)C1CCN(C(=O)N2CCN(C(C)C(=O)O)CC2)C1. The van der Waals surface area contributed by atoms with Gasteiger partial charge in [0.2, 0.25) is 0 Å². The zero-order valence-electron chi connectivity index (χ0n) is 12.7. The number of aliphatic carboxylic acids is 1. The monoisotopic (exact) mass is 299 g/mol. The van der Waals surface area contributed by atoms with Crippen LogP contribution in [0.3, 0.4) is 0 Å². The summed E-state index contributed by atoms with van der Waals surface area (Å²) in [5, 5.41) is 18.6. The van der Waals surface area contributed by atoms with E-state index in [0.717, 1.165) is 6.42 Å². The van der Waals surface area contributed by atoms with E-state index in [1.807, 2.05) is 4.90 Å². The van der Waals surface area contributed by atoms with Crippen LogP contribution in [0.25, 0.3) is 0 Å². The molecule has 7 heteroatoms. The minimum atomic E-state index is -0.825. The van der Waals surface area contributed by atoms with E-state index in [9.17, 15) is 14.7 Å². The van der Waals surface area contributed by atoms with Crippen molar-refractivity contribution < 1.29 is 19.8 Å². The molecule has 21 heavy (non-hydrogen) atoms. The summed E-state index contributed by atoms with van der Waals surface area (Å²) in [6.07, 6.45) is 0.468. The summed E-state index contributed by atoms with van der Waals surface area (Å²) in [7, 11) is 0. The summed E-state index contributed by atoms with van der Waals surface area (Å²) in [5.41, 5.74) is 0. The van der Waals surface area contributed by atoms with Crippen molar-refractivity contribution in [1.29, 1.82) is 0 Å². The smallest absolute Gasteiger partial charge is 0.320 e. The maximum Gasteiger partial charge on any atom is 0.320 e. The predicted molar refractivity (Wildman–Crippen MR) is 77.0 cm³/mol. The first-order valence-electron chi connectivity index (χ1n) is 7.59. The maximum absolute atomic E-state index is 12.4. The van der Waals surface area contributed by atoms with Gasteiger partial charge >= 0.3 is 12.0 Å². The van der Waals surface area contributed by atoms with Crippen LogP contribution >= 0.6 is 0 Å². The number of carbonyl (C=O) groups is 2. The van der Waals surface area contributed by atoms with Gasteiger partial charge in [-0.1, -0.05) is 0 Å². The van der Waals surface area contributed by atoms with E-state index in [-0.39, 0.29) is 18.1 Å². The van der Waals surface area contributed by atoms with Crippen molar-refractivity contribution in [3.05, 3.63) is 0 Å². The Hall–Kier alpha value is -1.34. The van der Waals surface area contributed by atoms with Crippen LogP contribution in [-0.4, -0.2) is 88.3 Å². The Morgan fingerprint density at radius 2 is 1.67 bits per heavy atom. The molecule has 2 rings (SSSR count). The Morgan fingerprint density at radius 3 is 2.14 bits per heavy atom. The number of carbonyl (C=O) groups excluding carboxylic acids is 1. The molecule has 120 valence electrons. The summed E-state index contributed by atoms with van der Waals surface area (Å²) in [4.78, 5) is 28.9. The highest BCUT2D eigenvalue weighted by Crippen LogP contribution is 2.21. The van der Waals surface area contributed by atoms with Gasteiger partial charge in [0.05, 0.1) is 6.10 Å². The van der Waals surface area contributed by atoms with Crippen LogP contribution in [0.1, 0.15) is 20.3 Å². The average molecular weight is 299 g/mol. The molecule has 0 aromatic carbocycles. The average Bonchev–Trinajstić information content (AvgIpc) is 2.96. The number of urea groups is 1. The maximum atomic E-state index is 12.4. The van der Waals surface area contributed by atoms with Crippen molar-refractivity contribution >= 4 is 12.0 Å². The number of hydrogen-bond donors (Lipinski definition) is 2. The molecule has 2 amide bonds. The third-order valence-electron chi connectivity index (χ3n) is 4.67. The Labute approximate surface area is 125 Å². The van der Waals surface area contributed by atoms with Crippen LogP contribution < -0.4 is 0 Å². The van der Waals surface area contributed by atoms with Gasteiger partial charge in [0.1, 0.15) is 6.04 Å². The fourth-order valence-electron chi connectivity index (χ4n) is 3.01. The summed E-state index contributed by atoms with van der Waals surface area (Å²) < 4.78 is 0. The molecule has 0 aliphatic carbocycles. The number of hydrogen-bond acceptors (Lipinski definition) is 4. The molecule has 0 aromatic heterocycles. The van der Waals surface area contributed by atoms with Gasteiger partial charge in [0.25, 0.3) is 0 Å². The van der Waals surface area contributed by atoms with Crippen molar-refractivity contribution in [3.63, 3.8) is 0 Å². The fourth-order valence-corrected chi connectivity index (χ4v) is 3.01. The van der Waals surface area contributed by atoms with Gasteiger partial charge in [-0.15, -0.1) is 0 Å². The molecule has 0 aromatic rings. The zero-order valence-corrected chi connectivity index (χ0v) is 12.7. The van der Waals surface area contributed by atoms with Crippen LogP contribution in [-0.2, 0) is 4.79 Å². The highest BCUT2D eigenvalue weighted by molar-refractivity contribution is 5.75. The van der Waals surface area contributed by atoms with Crippen LogP contribution in [0.15, 0.2) is 0 Å². The summed E-state index contributed by atoms with van der Waals surface area (Å²) in [6.45, 7) is 7.05. The summed E-state index contributed by atoms with van der Waals surface area (Å²) >= 11 is 0. The van der Waals surface area contributed by atoms with E-state index in [4.69, 9.17) is 5.11 Å². The highest BCUT2D eigenvalue weighted by atomic mass is 16.4. The van der Waals surface area contributed by atoms with Crippen LogP contribution in [0.4, 0.5) is 4.79 Å². The second-order valence-electron chi connectivity index (χ2n) is 6.06. The molecule has 0 radical (unpaired) electrons. The largest absolute Gasteiger partial charge is 0.480 e. The standard InChI is InChI=1S/C14H25N3O4/c1-10(13(19)20)15-5-7-16(8-6-15)14(21)17-4-3-12(9-17)11(2)18/h10-12,18H,3-9H2,1-2H3,(H,19,20). The summed E-state index contributed by atoms with van der Waals surface area (Å²) in [5.74, 6) is -0.656. The number of aliphatic hydroxyl groups excluding tert-OH is 1. The lowest BCUT2D eigenvalue weighted by Gasteiger charge is -2.38. The minimum Gasteiger partial charge on any atom is -0.480 e. The van der Waals surface area contributed by atoms with E-state index in [0.29, 0.717) is 39.3 Å². The number of piperazine rings is 1. The van der Waals surface area contributed by atoms with Gasteiger partial charge in [0, 0.05) is 45.2 Å². The topological polar surface area (TPSA) is 84.3 Å². The Bertz CT molecular complexity index is 394. The first kappa shape index (κ1) is 16.0. The number of nitrogens with zero attached hydrogens (tertiary/aromatic N) is 3. The van der Waals surface area contributed by atoms with E-state index in [1.54, 1.807) is 23.6 Å². The third kappa shape index (κ3) is 3.65. The Balaban J connectivity index is 1.82. The lowest BCUT2D eigenvalue weighted by Crippen LogP contribution is -2.55. The molecule has 2 aliphatic rings. The molecule has 7 nitrogen and oxygen atoms in total. The zero-order chi connectivity index (χ0) is 15.6. The minimum absolute atomic E-state index is 0.0146. The molecular weight excluding hydrogens is 274 g/mol. The number of carboxylic acids is 1. The van der Waals surface area contributed by atoms with Gasteiger partial charge in [-0.3, -0.25) is 9.69 Å². The Morgan fingerprint density at radius 1 is 1.05 bits per heavy atom. The van der Waals surface area contributed by atoms with Crippen molar-refractivity contribution in [3.8, 4) is 0 Å². The van der Waals surface area contributed by atoms with E-state index in [1.165, 1.54) is 0 Å². The van der Waals surface area contributed by atoms with Crippen molar-refractivity contribution in [2.24, 2.45) is 5.92 Å². The van der Waals surface area contributed by atoms with Crippen molar-refractivity contribution in [2.75, 3.05) is 39.3 Å². The predicted octanol–water partition coefficient (Wildman–Crippen LogP) is -0.100. The van der Waals surface area contributed by atoms with Gasteiger partial charge in [0.15, 0.2) is 0 Å². The number of amides is 2. The van der Waals surface area contributed by atoms with Gasteiger partial charge in [-0.2, -0.15) is 0 Å². The Kier molecular flexibility index (Phi) is 5.05. The molecule has 2 saturated heterocycles. The van der Waals surface area contributed by atoms with Crippen LogP contribution in [0, 0.1) is 5.92 Å². The van der Waals surface area contributed by atoms with Gasteiger partial charge < -0.3 is 20.0 Å². The third-order valence-corrected chi connectivity index (χ3v) is 4.67. The molecule has 2 N–H and O–H groups in total. The normalized spacial score (nSPS) is 26.7. The summed E-state index contributed by atoms with van der Waals surface area (Å²) in [6, 6.07) is -0.491. The van der Waals surface area contributed by atoms with E-state index < -0.39 is 12.0 Å². The van der Waals surface area contributed by atoms with Crippen LogP contribution in [0.5, 0.6) is 0 Å². The van der Waals surface area contributed by atoms with Gasteiger partial charge in [-0.05, 0) is 20.3 Å². The first-order chi connectivity index (χ1) is 9.90. The molecule has 3 atom stereocenters. The molecule has 0 spiro atoms. The quantitative estimate of drug-likeness (QED) is 0.760. The lowest BCUT2D eigenvalue weighted by atomic mass is 10.0. The van der Waals surface area contributed by atoms with Crippen molar-refractivity contribution in [2.45, 2.75) is 32.4 Å². The molecule has 2 heterocycles. The lowest BCUT2D eigenvalue weighted by molar-refractivity contribution is -0.143. The van der Waals surface area contributed by atoms with Crippen molar-refractivity contribution in [1.82, 2.24) is 14.7 Å². The molecule has 2 fully saturated rings. The van der Waals surface area contributed by atoms with E-state index >= 15 is 0 Å².